The number of benzene rings is 1. The van der Waals surface area contributed by atoms with Crippen molar-refractivity contribution in [3.05, 3.63) is 35.6 Å². The van der Waals surface area contributed by atoms with Crippen molar-refractivity contribution in [2.24, 2.45) is 0 Å². The minimum absolute atomic E-state index is 0.0305. The third-order valence-electron chi connectivity index (χ3n) is 4.51. The van der Waals surface area contributed by atoms with E-state index in [0.29, 0.717) is 38.5 Å². The summed E-state index contributed by atoms with van der Waals surface area (Å²) < 4.78 is 5.78. The summed E-state index contributed by atoms with van der Waals surface area (Å²) in [5.41, 5.74) is 1.63. The number of para-hydroxylation sites is 1. The van der Waals surface area contributed by atoms with Gasteiger partial charge in [0, 0.05) is 43.2 Å². The molecule has 2 aromatic rings. The van der Waals surface area contributed by atoms with Crippen LogP contribution in [0.3, 0.4) is 0 Å². The molecular formula is C19H25N3O3. The Morgan fingerprint density at radius 1 is 1.16 bits per heavy atom. The first-order chi connectivity index (χ1) is 12.0. The quantitative estimate of drug-likeness (QED) is 0.922. The van der Waals surface area contributed by atoms with Gasteiger partial charge < -0.3 is 14.6 Å². The zero-order valence-corrected chi connectivity index (χ0v) is 15.0. The molecule has 1 aliphatic rings. The Labute approximate surface area is 147 Å². The molecule has 0 spiro atoms. The highest BCUT2D eigenvalue weighted by atomic mass is 16.3. The fourth-order valence-corrected chi connectivity index (χ4v) is 3.20. The molecule has 0 atom stereocenters. The van der Waals surface area contributed by atoms with Crippen LogP contribution in [0.25, 0.3) is 11.0 Å². The van der Waals surface area contributed by atoms with E-state index in [-0.39, 0.29) is 17.9 Å². The average Bonchev–Trinajstić information content (AvgIpc) is 2.91. The largest absolute Gasteiger partial charge is 0.451 e. The number of rotatable bonds is 4. The summed E-state index contributed by atoms with van der Waals surface area (Å²) in [7, 11) is 0. The van der Waals surface area contributed by atoms with Gasteiger partial charge in [0.15, 0.2) is 5.76 Å². The van der Waals surface area contributed by atoms with Gasteiger partial charge in [0.1, 0.15) is 5.58 Å². The lowest BCUT2D eigenvalue weighted by Gasteiger charge is -2.34. The molecule has 0 saturated carbocycles. The van der Waals surface area contributed by atoms with Gasteiger partial charge in [-0.25, -0.2) is 0 Å². The second-order valence-electron chi connectivity index (χ2n) is 6.84. The topological polar surface area (TPSA) is 65.8 Å². The van der Waals surface area contributed by atoms with Gasteiger partial charge in [0.05, 0.1) is 6.54 Å². The molecule has 134 valence electrons. The minimum Gasteiger partial charge on any atom is -0.451 e. The van der Waals surface area contributed by atoms with Crippen LogP contribution in [-0.4, -0.2) is 60.4 Å². The fraction of sp³-hybridized carbons (Fsp3) is 0.474. The van der Waals surface area contributed by atoms with Crippen molar-refractivity contribution >= 4 is 22.8 Å². The molecule has 0 radical (unpaired) electrons. The Hall–Kier alpha value is -2.34. The van der Waals surface area contributed by atoms with Gasteiger partial charge in [-0.1, -0.05) is 18.2 Å². The molecule has 1 aliphatic heterocycles. The summed E-state index contributed by atoms with van der Waals surface area (Å²) in [6.07, 6.45) is 0. The van der Waals surface area contributed by atoms with Gasteiger partial charge in [-0.2, -0.15) is 0 Å². The molecule has 6 nitrogen and oxygen atoms in total. The van der Waals surface area contributed by atoms with E-state index < -0.39 is 0 Å². The van der Waals surface area contributed by atoms with Crippen LogP contribution in [-0.2, 0) is 4.79 Å². The minimum atomic E-state index is -0.0695. The molecule has 2 amide bonds. The predicted molar refractivity (Wildman–Crippen MR) is 96.6 cm³/mol. The fourth-order valence-electron chi connectivity index (χ4n) is 3.20. The summed E-state index contributed by atoms with van der Waals surface area (Å²) in [6, 6.07) is 7.84. The number of furan rings is 1. The van der Waals surface area contributed by atoms with Crippen LogP contribution in [0.1, 0.15) is 30.0 Å². The molecule has 0 unspecified atom stereocenters. The van der Waals surface area contributed by atoms with Crippen molar-refractivity contribution in [2.45, 2.75) is 26.8 Å². The zero-order valence-electron chi connectivity index (χ0n) is 15.0. The molecular weight excluding hydrogens is 318 g/mol. The van der Waals surface area contributed by atoms with Crippen molar-refractivity contribution in [2.75, 3.05) is 32.7 Å². The second-order valence-corrected chi connectivity index (χ2v) is 6.84. The van der Waals surface area contributed by atoms with Gasteiger partial charge in [-0.05, 0) is 26.8 Å². The summed E-state index contributed by atoms with van der Waals surface area (Å²) in [4.78, 5) is 28.5. The number of hydrogen-bond donors (Lipinski definition) is 1. The van der Waals surface area contributed by atoms with Crippen LogP contribution in [0.5, 0.6) is 0 Å². The maximum absolute atomic E-state index is 12.8. The van der Waals surface area contributed by atoms with Crippen molar-refractivity contribution < 1.29 is 14.0 Å². The van der Waals surface area contributed by atoms with Crippen molar-refractivity contribution in [1.29, 1.82) is 0 Å². The number of carbonyl (C=O) groups is 2. The number of aryl methyl sites for hydroxylation is 1. The van der Waals surface area contributed by atoms with Crippen LogP contribution in [0.4, 0.5) is 0 Å². The van der Waals surface area contributed by atoms with Crippen LogP contribution >= 0.6 is 0 Å². The standard InChI is InChI=1S/C19H25N3O3/c1-13(2)20-17(23)12-21-8-10-22(11-9-21)19(24)18-14(3)15-6-4-5-7-16(15)25-18/h4-7,13H,8-12H2,1-3H3,(H,20,23). The third kappa shape index (κ3) is 3.85. The SMILES string of the molecule is Cc1c(C(=O)N2CCN(CC(=O)NC(C)C)CC2)oc2ccccc12. The first-order valence-corrected chi connectivity index (χ1v) is 8.75. The first-order valence-electron chi connectivity index (χ1n) is 8.75. The number of fused-ring (bicyclic) bond motifs is 1. The van der Waals surface area contributed by atoms with Crippen LogP contribution in [0, 0.1) is 6.92 Å². The van der Waals surface area contributed by atoms with Crippen molar-refractivity contribution in [3.8, 4) is 0 Å². The number of nitrogens with zero attached hydrogens (tertiary/aromatic N) is 2. The normalized spacial score (nSPS) is 15.8. The Balaban J connectivity index is 1.61. The molecule has 6 heteroatoms. The number of piperazine rings is 1. The second kappa shape index (κ2) is 7.27. The van der Waals surface area contributed by atoms with Gasteiger partial charge >= 0.3 is 0 Å². The molecule has 0 bridgehead atoms. The summed E-state index contributed by atoms with van der Waals surface area (Å²) in [5.74, 6) is 0.384. The highest BCUT2D eigenvalue weighted by Crippen LogP contribution is 2.26. The van der Waals surface area contributed by atoms with E-state index in [1.165, 1.54) is 0 Å². The summed E-state index contributed by atoms with van der Waals surface area (Å²) >= 11 is 0. The molecule has 1 aromatic heterocycles. The van der Waals surface area contributed by atoms with E-state index >= 15 is 0 Å². The number of hydrogen-bond acceptors (Lipinski definition) is 4. The smallest absolute Gasteiger partial charge is 0.289 e. The summed E-state index contributed by atoms with van der Waals surface area (Å²) in [6.45, 7) is 8.78. The maximum Gasteiger partial charge on any atom is 0.289 e. The number of nitrogens with one attached hydrogen (secondary N) is 1. The molecule has 3 rings (SSSR count). The lowest BCUT2D eigenvalue weighted by Crippen LogP contribution is -2.51. The third-order valence-corrected chi connectivity index (χ3v) is 4.51. The Bertz CT molecular complexity index is 773. The highest BCUT2D eigenvalue weighted by Gasteiger charge is 2.27. The maximum atomic E-state index is 12.8. The number of carbonyl (C=O) groups excluding carboxylic acids is 2. The molecule has 2 heterocycles. The highest BCUT2D eigenvalue weighted by molar-refractivity contribution is 5.99. The predicted octanol–water partition coefficient (Wildman–Crippen LogP) is 2.02. The lowest BCUT2D eigenvalue weighted by molar-refractivity contribution is -0.123. The Kier molecular flexibility index (Phi) is 5.08. The van der Waals surface area contributed by atoms with E-state index in [1.807, 2.05) is 49.9 Å². The first kappa shape index (κ1) is 17.5. The monoisotopic (exact) mass is 343 g/mol. The van der Waals surface area contributed by atoms with E-state index in [4.69, 9.17) is 4.42 Å². The van der Waals surface area contributed by atoms with Gasteiger partial charge in [-0.15, -0.1) is 0 Å². The van der Waals surface area contributed by atoms with Crippen molar-refractivity contribution in [3.63, 3.8) is 0 Å². The van der Waals surface area contributed by atoms with Gasteiger partial charge in [-0.3, -0.25) is 14.5 Å². The zero-order chi connectivity index (χ0) is 18.0. The molecule has 25 heavy (non-hydrogen) atoms. The van der Waals surface area contributed by atoms with E-state index in [9.17, 15) is 9.59 Å². The molecule has 0 aliphatic carbocycles. The van der Waals surface area contributed by atoms with Crippen LogP contribution in [0.2, 0.25) is 0 Å². The van der Waals surface area contributed by atoms with Crippen molar-refractivity contribution in [1.82, 2.24) is 15.1 Å². The molecule has 1 aromatic carbocycles. The summed E-state index contributed by atoms with van der Waals surface area (Å²) in [5, 5.41) is 3.88. The molecule has 1 N–H and O–H groups in total. The average molecular weight is 343 g/mol. The number of amides is 2. The molecule has 1 saturated heterocycles. The Morgan fingerprint density at radius 2 is 1.84 bits per heavy atom. The van der Waals surface area contributed by atoms with E-state index in [1.54, 1.807) is 0 Å². The van der Waals surface area contributed by atoms with Gasteiger partial charge in [0.25, 0.3) is 5.91 Å². The van der Waals surface area contributed by atoms with Crippen LogP contribution < -0.4 is 5.32 Å². The van der Waals surface area contributed by atoms with Gasteiger partial charge in [0.2, 0.25) is 5.91 Å². The van der Waals surface area contributed by atoms with E-state index in [2.05, 4.69) is 10.2 Å². The lowest BCUT2D eigenvalue weighted by atomic mass is 10.1. The van der Waals surface area contributed by atoms with E-state index in [0.717, 1.165) is 16.5 Å². The van der Waals surface area contributed by atoms with Crippen LogP contribution in [0.15, 0.2) is 28.7 Å². The Morgan fingerprint density at radius 3 is 2.48 bits per heavy atom. The molecule has 1 fully saturated rings.